The fraction of sp³-hybridized carbons (Fsp3) is 0.143. The second-order valence-corrected chi connectivity index (χ2v) is 5.64. The number of nitrogens with zero attached hydrogens (tertiary/aromatic N) is 1. The van der Waals surface area contributed by atoms with Gasteiger partial charge in [-0.15, -0.1) is 0 Å². The van der Waals surface area contributed by atoms with Crippen molar-refractivity contribution in [1.82, 2.24) is 4.98 Å². The highest BCUT2D eigenvalue weighted by atomic mass is 127. The molecule has 2 rings (SSSR count). The predicted octanol–water partition coefficient (Wildman–Crippen LogP) is 4.02. The van der Waals surface area contributed by atoms with Gasteiger partial charge in [-0.2, -0.15) is 0 Å². The molecule has 0 bridgehead atoms. The first kappa shape index (κ1) is 15.1. The van der Waals surface area contributed by atoms with E-state index in [1.54, 1.807) is 36.5 Å². The highest BCUT2D eigenvalue weighted by Gasteiger charge is 2.09. The molecule has 0 aliphatic carbocycles. The summed E-state index contributed by atoms with van der Waals surface area (Å²) in [5.41, 5.74) is 1.29. The van der Waals surface area contributed by atoms with Gasteiger partial charge in [-0.1, -0.05) is 11.6 Å². The second kappa shape index (κ2) is 6.90. The van der Waals surface area contributed by atoms with Crippen LogP contribution in [0.5, 0.6) is 0 Å². The van der Waals surface area contributed by atoms with Crippen LogP contribution < -0.4 is 10.6 Å². The van der Waals surface area contributed by atoms with Crippen LogP contribution in [0.4, 0.5) is 11.5 Å². The van der Waals surface area contributed by atoms with Gasteiger partial charge in [0.25, 0.3) is 5.91 Å². The average Bonchev–Trinajstić information content (AvgIpc) is 2.42. The third-order valence-electron chi connectivity index (χ3n) is 2.56. The number of hydrogen-bond donors (Lipinski definition) is 2. The molecule has 20 heavy (non-hydrogen) atoms. The van der Waals surface area contributed by atoms with Crippen molar-refractivity contribution in [3.05, 3.63) is 50.7 Å². The molecular weight excluding hydrogens is 389 g/mol. The molecule has 0 unspecified atom stereocenters. The lowest BCUT2D eigenvalue weighted by Gasteiger charge is -2.09. The van der Waals surface area contributed by atoms with Crippen molar-refractivity contribution in [3.8, 4) is 0 Å². The number of pyridine rings is 1. The van der Waals surface area contributed by atoms with E-state index in [1.807, 2.05) is 6.92 Å². The molecule has 6 heteroatoms. The number of anilines is 2. The zero-order valence-electron chi connectivity index (χ0n) is 10.8. The van der Waals surface area contributed by atoms with Gasteiger partial charge in [0, 0.05) is 26.9 Å². The van der Waals surface area contributed by atoms with E-state index in [2.05, 4.69) is 38.2 Å². The number of rotatable bonds is 4. The highest BCUT2D eigenvalue weighted by Crippen LogP contribution is 2.23. The summed E-state index contributed by atoms with van der Waals surface area (Å²) in [5, 5.41) is 6.58. The average molecular weight is 402 g/mol. The van der Waals surface area contributed by atoms with E-state index < -0.39 is 0 Å². The molecule has 1 amide bonds. The molecule has 1 heterocycles. The van der Waals surface area contributed by atoms with Crippen LogP contribution >= 0.6 is 34.2 Å². The molecular formula is C14H13ClIN3O. The molecule has 2 N–H and O–H groups in total. The minimum atomic E-state index is -0.174. The minimum absolute atomic E-state index is 0.174. The van der Waals surface area contributed by atoms with E-state index in [1.165, 1.54) is 0 Å². The molecule has 0 saturated heterocycles. The Morgan fingerprint density at radius 1 is 1.35 bits per heavy atom. The third kappa shape index (κ3) is 3.83. The lowest BCUT2D eigenvalue weighted by atomic mass is 10.2. The normalized spacial score (nSPS) is 10.2. The molecule has 2 aromatic rings. The smallest absolute Gasteiger partial charge is 0.255 e. The fourth-order valence-electron chi connectivity index (χ4n) is 1.63. The Bertz CT molecular complexity index is 634. The fourth-order valence-corrected chi connectivity index (χ4v) is 2.64. The monoisotopic (exact) mass is 401 g/mol. The number of carbonyl (C=O) groups is 1. The quantitative estimate of drug-likeness (QED) is 0.761. The van der Waals surface area contributed by atoms with Crippen LogP contribution in [-0.4, -0.2) is 17.4 Å². The maximum absolute atomic E-state index is 12.2. The Morgan fingerprint density at radius 3 is 2.85 bits per heavy atom. The Kier molecular flexibility index (Phi) is 5.19. The molecule has 1 aromatic heterocycles. The molecule has 0 aliphatic heterocycles. The first-order valence-corrected chi connectivity index (χ1v) is 7.52. The molecule has 104 valence electrons. The van der Waals surface area contributed by atoms with Crippen LogP contribution in [-0.2, 0) is 0 Å². The van der Waals surface area contributed by atoms with Crippen LogP contribution in [0.1, 0.15) is 17.3 Å². The van der Waals surface area contributed by atoms with Crippen LogP contribution in [0.3, 0.4) is 0 Å². The maximum Gasteiger partial charge on any atom is 0.255 e. The van der Waals surface area contributed by atoms with Gasteiger partial charge < -0.3 is 10.6 Å². The van der Waals surface area contributed by atoms with E-state index in [9.17, 15) is 4.79 Å². The van der Waals surface area contributed by atoms with E-state index in [0.29, 0.717) is 16.4 Å². The van der Waals surface area contributed by atoms with Gasteiger partial charge in [-0.05, 0) is 59.8 Å². The Morgan fingerprint density at radius 2 is 2.15 bits per heavy atom. The van der Waals surface area contributed by atoms with E-state index in [4.69, 9.17) is 11.6 Å². The van der Waals surface area contributed by atoms with Gasteiger partial charge in [-0.3, -0.25) is 4.79 Å². The van der Waals surface area contributed by atoms with Gasteiger partial charge in [0.2, 0.25) is 0 Å². The first-order chi connectivity index (χ1) is 9.60. The van der Waals surface area contributed by atoms with Crippen LogP contribution in [0, 0.1) is 3.57 Å². The summed E-state index contributed by atoms with van der Waals surface area (Å²) in [4.78, 5) is 16.3. The SMILES string of the molecule is CCNc1cc(C(=O)Nc2ccc(Cl)cc2I)ccn1. The van der Waals surface area contributed by atoms with E-state index >= 15 is 0 Å². The Hall–Kier alpha value is -1.34. The zero-order chi connectivity index (χ0) is 14.5. The standard InChI is InChI=1S/C14H13ClIN3O/c1-2-17-13-7-9(5-6-18-13)14(20)19-12-4-3-10(15)8-11(12)16/h3-8H,2H2,1H3,(H,17,18)(H,19,20). The second-order valence-electron chi connectivity index (χ2n) is 4.04. The number of carbonyl (C=O) groups excluding carboxylic acids is 1. The molecule has 1 aromatic carbocycles. The number of aromatic nitrogens is 1. The van der Waals surface area contributed by atoms with Crippen molar-refractivity contribution in [3.63, 3.8) is 0 Å². The molecule has 4 nitrogen and oxygen atoms in total. The summed E-state index contributed by atoms with van der Waals surface area (Å²) in [5.74, 6) is 0.512. The van der Waals surface area contributed by atoms with Gasteiger partial charge in [0.15, 0.2) is 0 Å². The van der Waals surface area contributed by atoms with E-state index in [-0.39, 0.29) is 5.91 Å². The molecule has 0 radical (unpaired) electrons. The molecule has 0 fully saturated rings. The zero-order valence-corrected chi connectivity index (χ0v) is 13.7. The van der Waals surface area contributed by atoms with Gasteiger partial charge in [0.1, 0.15) is 5.82 Å². The third-order valence-corrected chi connectivity index (χ3v) is 3.69. The number of hydrogen-bond acceptors (Lipinski definition) is 3. The summed E-state index contributed by atoms with van der Waals surface area (Å²) < 4.78 is 0.893. The lowest BCUT2D eigenvalue weighted by Crippen LogP contribution is -2.13. The van der Waals surface area contributed by atoms with Crippen molar-refractivity contribution >= 4 is 51.6 Å². The number of benzene rings is 1. The first-order valence-electron chi connectivity index (χ1n) is 6.06. The van der Waals surface area contributed by atoms with Crippen molar-refractivity contribution in [2.75, 3.05) is 17.2 Å². The summed E-state index contributed by atoms with van der Waals surface area (Å²) >= 11 is 8.03. The topological polar surface area (TPSA) is 54.0 Å². The Balaban J connectivity index is 2.17. The summed E-state index contributed by atoms with van der Waals surface area (Å²) in [6.07, 6.45) is 1.61. The van der Waals surface area contributed by atoms with Gasteiger partial charge in [-0.25, -0.2) is 4.98 Å². The molecule has 0 saturated carbocycles. The lowest BCUT2D eigenvalue weighted by molar-refractivity contribution is 0.102. The number of halogens is 2. The van der Waals surface area contributed by atoms with Gasteiger partial charge >= 0.3 is 0 Å². The summed E-state index contributed by atoms with van der Waals surface area (Å²) in [7, 11) is 0. The number of amides is 1. The van der Waals surface area contributed by atoms with Gasteiger partial charge in [0.05, 0.1) is 5.69 Å². The number of nitrogens with one attached hydrogen (secondary N) is 2. The Labute approximate surface area is 136 Å². The molecule has 0 spiro atoms. The van der Waals surface area contributed by atoms with Crippen LogP contribution in [0.25, 0.3) is 0 Å². The van der Waals surface area contributed by atoms with E-state index in [0.717, 1.165) is 15.8 Å². The predicted molar refractivity (Wildman–Crippen MR) is 90.5 cm³/mol. The largest absolute Gasteiger partial charge is 0.370 e. The molecule has 0 aliphatic rings. The van der Waals surface area contributed by atoms with Crippen molar-refractivity contribution in [1.29, 1.82) is 0 Å². The molecule has 0 atom stereocenters. The summed E-state index contributed by atoms with van der Waals surface area (Å²) in [6, 6.07) is 8.74. The summed E-state index contributed by atoms with van der Waals surface area (Å²) in [6.45, 7) is 2.73. The maximum atomic E-state index is 12.2. The van der Waals surface area contributed by atoms with Crippen LogP contribution in [0.15, 0.2) is 36.5 Å². The highest BCUT2D eigenvalue weighted by molar-refractivity contribution is 14.1. The van der Waals surface area contributed by atoms with Crippen molar-refractivity contribution in [2.45, 2.75) is 6.92 Å². The van der Waals surface area contributed by atoms with Crippen molar-refractivity contribution in [2.24, 2.45) is 0 Å². The van der Waals surface area contributed by atoms with Crippen molar-refractivity contribution < 1.29 is 4.79 Å². The van der Waals surface area contributed by atoms with Crippen LogP contribution in [0.2, 0.25) is 5.02 Å². The minimum Gasteiger partial charge on any atom is -0.370 e.